The molecule has 2 aromatic heterocycles. The maximum Gasteiger partial charge on any atom is 0.419 e. The van der Waals surface area contributed by atoms with Crippen LogP contribution in [-0.2, 0) is 6.18 Å². The zero-order valence-electron chi connectivity index (χ0n) is 12.6. The van der Waals surface area contributed by atoms with Gasteiger partial charge < -0.3 is 14.5 Å². The molecule has 0 unspecified atom stereocenters. The highest BCUT2D eigenvalue weighted by atomic mass is 19.4. The standard InChI is InChI=1S/C16H10F4N2O3/c1-7-2-3-8(4-10(7)17)11-6-22-5-9(15(24)25)12(16(18,19)20)13(22)14(23)21-11/h2-6H,1H3,(H,21,23)(H,24,25). The van der Waals surface area contributed by atoms with Crippen LogP contribution >= 0.6 is 0 Å². The van der Waals surface area contributed by atoms with Gasteiger partial charge in [-0.2, -0.15) is 13.2 Å². The number of nitrogens with zero attached hydrogens (tertiary/aromatic N) is 1. The van der Waals surface area contributed by atoms with E-state index >= 15 is 0 Å². The second-order valence-electron chi connectivity index (χ2n) is 5.44. The van der Waals surface area contributed by atoms with Crippen molar-refractivity contribution in [2.45, 2.75) is 13.1 Å². The van der Waals surface area contributed by atoms with Gasteiger partial charge in [-0.05, 0) is 18.6 Å². The van der Waals surface area contributed by atoms with Crippen LogP contribution in [0.2, 0.25) is 0 Å². The van der Waals surface area contributed by atoms with Gasteiger partial charge in [-0.3, -0.25) is 4.79 Å². The summed E-state index contributed by atoms with van der Waals surface area (Å²) in [7, 11) is 0. The summed E-state index contributed by atoms with van der Waals surface area (Å²) in [5.74, 6) is -2.36. The van der Waals surface area contributed by atoms with Gasteiger partial charge in [0.2, 0.25) is 0 Å². The minimum Gasteiger partial charge on any atom is -0.478 e. The Balaban J connectivity index is 2.33. The molecule has 0 saturated heterocycles. The molecule has 0 aliphatic heterocycles. The van der Waals surface area contributed by atoms with Gasteiger partial charge in [0.1, 0.15) is 16.9 Å². The number of aromatic carboxylic acids is 1. The van der Waals surface area contributed by atoms with Crippen molar-refractivity contribution in [1.82, 2.24) is 9.38 Å². The largest absolute Gasteiger partial charge is 0.478 e. The number of hydrogen-bond acceptors (Lipinski definition) is 2. The molecular formula is C16H10F4N2O3. The lowest BCUT2D eigenvalue weighted by atomic mass is 10.1. The summed E-state index contributed by atoms with van der Waals surface area (Å²) in [6, 6.07) is 4.06. The molecule has 0 aliphatic carbocycles. The fourth-order valence-electron chi connectivity index (χ4n) is 2.57. The molecule has 9 heteroatoms. The molecule has 2 heterocycles. The highest BCUT2D eigenvalue weighted by Crippen LogP contribution is 2.35. The smallest absolute Gasteiger partial charge is 0.419 e. The summed E-state index contributed by atoms with van der Waals surface area (Å²) in [5.41, 5.74) is -3.87. The molecule has 130 valence electrons. The topological polar surface area (TPSA) is 74.6 Å². The van der Waals surface area contributed by atoms with Crippen LogP contribution < -0.4 is 5.56 Å². The van der Waals surface area contributed by atoms with E-state index in [1.807, 2.05) is 0 Å². The van der Waals surface area contributed by atoms with Crippen LogP contribution in [0.15, 0.2) is 35.4 Å². The first-order valence-corrected chi connectivity index (χ1v) is 6.94. The fraction of sp³-hybridized carbons (Fsp3) is 0.125. The van der Waals surface area contributed by atoms with Crippen LogP contribution in [0, 0.1) is 12.7 Å². The predicted molar refractivity (Wildman–Crippen MR) is 80.1 cm³/mol. The maximum absolute atomic E-state index is 13.7. The Bertz CT molecular complexity index is 1060. The normalized spacial score (nSPS) is 11.9. The van der Waals surface area contributed by atoms with E-state index in [0.717, 1.165) is 16.7 Å². The number of H-pyrrole nitrogens is 1. The van der Waals surface area contributed by atoms with E-state index in [9.17, 15) is 27.2 Å². The van der Waals surface area contributed by atoms with Crippen molar-refractivity contribution in [2.24, 2.45) is 0 Å². The summed E-state index contributed by atoms with van der Waals surface area (Å²) in [6.45, 7) is 1.53. The van der Waals surface area contributed by atoms with Gasteiger partial charge in [0, 0.05) is 18.0 Å². The Kier molecular flexibility index (Phi) is 3.66. The molecule has 0 atom stereocenters. The minimum absolute atomic E-state index is 0.0528. The lowest BCUT2D eigenvalue weighted by Crippen LogP contribution is -2.17. The van der Waals surface area contributed by atoms with Gasteiger partial charge in [-0.15, -0.1) is 0 Å². The van der Waals surface area contributed by atoms with E-state index in [1.165, 1.54) is 19.1 Å². The average Bonchev–Trinajstić information content (AvgIpc) is 2.90. The second kappa shape index (κ2) is 5.47. The van der Waals surface area contributed by atoms with E-state index in [4.69, 9.17) is 5.11 Å². The number of hydrogen-bond donors (Lipinski definition) is 2. The van der Waals surface area contributed by atoms with Crippen molar-refractivity contribution in [2.75, 3.05) is 0 Å². The molecule has 2 N–H and O–H groups in total. The van der Waals surface area contributed by atoms with E-state index in [-0.39, 0.29) is 11.3 Å². The Morgan fingerprint density at radius 3 is 2.48 bits per heavy atom. The lowest BCUT2D eigenvalue weighted by molar-refractivity contribution is -0.136. The third-order valence-corrected chi connectivity index (χ3v) is 3.76. The molecule has 0 spiro atoms. The molecule has 0 bridgehead atoms. The van der Waals surface area contributed by atoms with Gasteiger partial charge in [-0.1, -0.05) is 12.1 Å². The van der Waals surface area contributed by atoms with E-state index in [2.05, 4.69) is 4.98 Å². The van der Waals surface area contributed by atoms with Crippen molar-refractivity contribution in [3.63, 3.8) is 0 Å². The quantitative estimate of drug-likeness (QED) is 0.692. The first-order valence-electron chi connectivity index (χ1n) is 6.94. The predicted octanol–water partition coefficient (Wildman–Crippen LogP) is 3.46. The third kappa shape index (κ3) is 2.77. The number of alkyl halides is 3. The van der Waals surface area contributed by atoms with Gasteiger partial charge >= 0.3 is 12.1 Å². The molecule has 3 aromatic rings. The number of benzene rings is 1. The molecule has 0 fully saturated rings. The molecule has 0 saturated carbocycles. The van der Waals surface area contributed by atoms with Crippen LogP contribution in [-0.4, -0.2) is 20.5 Å². The zero-order chi connectivity index (χ0) is 18.5. The summed E-state index contributed by atoms with van der Waals surface area (Å²) >= 11 is 0. The van der Waals surface area contributed by atoms with E-state index in [0.29, 0.717) is 11.8 Å². The number of nitrogens with one attached hydrogen (secondary N) is 1. The monoisotopic (exact) mass is 354 g/mol. The zero-order valence-corrected chi connectivity index (χ0v) is 12.6. The molecule has 0 radical (unpaired) electrons. The Labute approximate surface area is 137 Å². The molecule has 0 aliphatic rings. The van der Waals surface area contributed by atoms with Gasteiger partial charge in [-0.25, -0.2) is 9.18 Å². The fourth-order valence-corrected chi connectivity index (χ4v) is 2.57. The number of carboxylic acids is 1. The maximum atomic E-state index is 13.7. The number of aromatic nitrogens is 2. The number of fused-ring (bicyclic) bond motifs is 1. The average molecular weight is 354 g/mol. The van der Waals surface area contributed by atoms with Crippen LogP contribution in [0.3, 0.4) is 0 Å². The number of aryl methyl sites for hydroxylation is 1. The Morgan fingerprint density at radius 2 is 1.92 bits per heavy atom. The highest BCUT2D eigenvalue weighted by molar-refractivity contribution is 5.92. The van der Waals surface area contributed by atoms with E-state index in [1.54, 1.807) is 0 Å². The van der Waals surface area contributed by atoms with Crippen LogP contribution in [0.1, 0.15) is 21.5 Å². The molecule has 1 aromatic carbocycles. The van der Waals surface area contributed by atoms with Crippen LogP contribution in [0.25, 0.3) is 16.8 Å². The van der Waals surface area contributed by atoms with Crippen molar-refractivity contribution in [1.29, 1.82) is 0 Å². The van der Waals surface area contributed by atoms with Crippen LogP contribution in [0.5, 0.6) is 0 Å². The molecule has 0 amide bonds. The van der Waals surface area contributed by atoms with Gasteiger partial charge in [0.05, 0.1) is 11.3 Å². The number of rotatable bonds is 2. The highest BCUT2D eigenvalue weighted by Gasteiger charge is 2.40. The molecular weight excluding hydrogens is 344 g/mol. The first-order chi connectivity index (χ1) is 11.6. The summed E-state index contributed by atoms with van der Waals surface area (Å²) in [6.07, 6.45) is -3.20. The van der Waals surface area contributed by atoms with Crippen molar-refractivity contribution < 1.29 is 27.5 Å². The number of aromatic amines is 1. The van der Waals surface area contributed by atoms with Crippen molar-refractivity contribution >= 4 is 11.5 Å². The Morgan fingerprint density at radius 1 is 1.24 bits per heavy atom. The lowest BCUT2D eigenvalue weighted by Gasteiger charge is -2.08. The Hall–Kier alpha value is -3.10. The van der Waals surface area contributed by atoms with Gasteiger partial charge in [0.25, 0.3) is 5.56 Å². The number of carboxylic acid groups (broad SMARTS) is 1. The SMILES string of the molecule is Cc1ccc(-c2cn3cc(C(=O)O)c(C(F)(F)F)c3c(=O)[nH]2)cc1F. The number of carbonyl (C=O) groups is 1. The summed E-state index contributed by atoms with van der Waals surface area (Å²) in [5, 5.41) is 9.00. The van der Waals surface area contributed by atoms with Crippen LogP contribution in [0.4, 0.5) is 17.6 Å². The summed E-state index contributed by atoms with van der Waals surface area (Å²) < 4.78 is 54.1. The van der Waals surface area contributed by atoms with E-state index < -0.39 is 40.2 Å². The molecule has 5 nitrogen and oxygen atoms in total. The second-order valence-corrected chi connectivity index (χ2v) is 5.44. The summed E-state index contributed by atoms with van der Waals surface area (Å²) in [4.78, 5) is 25.5. The minimum atomic E-state index is -5.02. The third-order valence-electron chi connectivity index (χ3n) is 3.76. The van der Waals surface area contributed by atoms with Crippen molar-refractivity contribution in [3.05, 3.63) is 63.5 Å². The van der Waals surface area contributed by atoms with Crippen molar-refractivity contribution in [3.8, 4) is 11.3 Å². The number of halogens is 4. The van der Waals surface area contributed by atoms with Gasteiger partial charge in [0.15, 0.2) is 0 Å². The molecule has 3 rings (SSSR count). The molecule has 25 heavy (non-hydrogen) atoms. The first kappa shape index (κ1) is 16.7.